The van der Waals surface area contributed by atoms with E-state index in [-0.39, 0.29) is 7.39 Å². The summed E-state index contributed by atoms with van der Waals surface area (Å²) in [5, 5.41) is 4.27. The average molecular weight is 516 g/mol. The molecule has 1 unspecified atom stereocenters. The second kappa shape index (κ2) is 5.36. The molecule has 0 bridgehead atoms. The molecule has 15 heavy (non-hydrogen) atoms. The Labute approximate surface area is 135 Å². The second-order valence-corrected chi connectivity index (χ2v) is 12.5. The Hall–Kier alpha value is 2.06. The summed E-state index contributed by atoms with van der Waals surface area (Å²) in [4.78, 5) is 1.60. The standard InChI is InChI=1S/C8H4Br4S3/c9-4-1-2-13-7(4)15-5-3-14-8(11,12)6(5)10/h1-3,6H. The van der Waals surface area contributed by atoms with Gasteiger partial charge >= 0.3 is 0 Å². The van der Waals surface area contributed by atoms with Gasteiger partial charge in [0.25, 0.3) is 0 Å². The van der Waals surface area contributed by atoms with Crippen LogP contribution in [-0.2, 0) is 0 Å². The topological polar surface area (TPSA) is 0 Å². The van der Waals surface area contributed by atoms with Crippen molar-refractivity contribution in [1.29, 1.82) is 0 Å². The first-order valence-electron chi connectivity index (χ1n) is 3.81. The van der Waals surface area contributed by atoms with Crippen LogP contribution >= 0.6 is 98.6 Å². The Morgan fingerprint density at radius 2 is 2.13 bits per heavy atom. The predicted molar refractivity (Wildman–Crippen MR) is 86.8 cm³/mol. The van der Waals surface area contributed by atoms with Gasteiger partial charge in [-0.3, -0.25) is 0 Å². The quantitative estimate of drug-likeness (QED) is 0.418. The van der Waals surface area contributed by atoms with E-state index < -0.39 is 0 Å². The average Bonchev–Trinajstić information content (AvgIpc) is 2.66. The SMILES string of the molecule is Brc1ccsc1SC1=CSC(Br)(Br)C1Br. The van der Waals surface area contributed by atoms with Crippen LogP contribution in [0.3, 0.4) is 0 Å². The molecule has 0 saturated carbocycles. The van der Waals surface area contributed by atoms with E-state index in [9.17, 15) is 0 Å². The summed E-state index contributed by atoms with van der Waals surface area (Å²) in [6.07, 6.45) is 0. The summed E-state index contributed by atoms with van der Waals surface area (Å²) < 4.78 is 2.36. The van der Waals surface area contributed by atoms with Crippen LogP contribution in [0.1, 0.15) is 0 Å². The number of rotatable bonds is 2. The van der Waals surface area contributed by atoms with Crippen molar-refractivity contribution in [3.8, 4) is 0 Å². The molecule has 0 spiro atoms. The van der Waals surface area contributed by atoms with E-state index in [1.165, 1.54) is 13.6 Å². The number of alkyl halides is 3. The maximum Gasteiger partial charge on any atom is 0.146 e. The van der Waals surface area contributed by atoms with E-state index in [1.807, 2.05) is 0 Å². The molecular formula is C8H4Br4S3. The molecule has 1 aliphatic heterocycles. The Balaban J connectivity index is 2.12. The number of thioether (sulfide) groups is 2. The Kier molecular flexibility index (Phi) is 4.82. The van der Waals surface area contributed by atoms with Crippen molar-refractivity contribution in [2.24, 2.45) is 0 Å². The highest BCUT2D eigenvalue weighted by molar-refractivity contribution is 9.29. The minimum Gasteiger partial charge on any atom is -0.136 e. The van der Waals surface area contributed by atoms with Gasteiger partial charge in [0.15, 0.2) is 0 Å². The zero-order chi connectivity index (χ0) is 11.1. The van der Waals surface area contributed by atoms with E-state index in [2.05, 4.69) is 80.6 Å². The Morgan fingerprint density at radius 1 is 1.40 bits per heavy atom. The van der Waals surface area contributed by atoms with Gasteiger partial charge in [0.1, 0.15) is 2.57 Å². The first-order valence-corrected chi connectivity index (χ1v) is 9.68. The smallest absolute Gasteiger partial charge is 0.136 e. The molecular weight excluding hydrogens is 512 g/mol. The molecule has 1 atom stereocenters. The number of hydrogen-bond acceptors (Lipinski definition) is 3. The molecule has 2 heterocycles. The van der Waals surface area contributed by atoms with Crippen LogP contribution in [0.15, 0.2) is 30.4 Å². The summed E-state index contributed by atoms with van der Waals surface area (Å²) in [6.45, 7) is 0. The molecule has 0 aromatic carbocycles. The lowest BCUT2D eigenvalue weighted by molar-refractivity contribution is 1.21. The highest BCUT2D eigenvalue weighted by atomic mass is 79.9. The van der Waals surface area contributed by atoms with E-state index in [0.717, 1.165) is 0 Å². The second-order valence-electron chi connectivity index (χ2n) is 2.72. The van der Waals surface area contributed by atoms with Crippen molar-refractivity contribution in [1.82, 2.24) is 0 Å². The normalized spacial score (nSPS) is 24.3. The lowest BCUT2D eigenvalue weighted by Crippen LogP contribution is -2.15. The van der Waals surface area contributed by atoms with Crippen molar-refractivity contribution in [2.75, 3.05) is 0 Å². The van der Waals surface area contributed by atoms with Crippen LogP contribution in [0.2, 0.25) is 0 Å². The van der Waals surface area contributed by atoms with Gasteiger partial charge < -0.3 is 0 Å². The van der Waals surface area contributed by atoms with Crippen LogP contribution in [-0.4, -0.2) is 7.39 Å². The third-order valence-electron chi connectivity index (χ3n) is 1.67. The van der Waals surface area contributed by atoms with Crippen LogP contribution in [0.25, 0.3) is 0 Å². The molecule has 1 aromatic heterocycles. The first kappa shape index (κ1) is 13.5. The molecule has 2 rings (SSSR count). The van der Waals surface area contributed by atoms with Crippen LogP contribution in [0, 0.1) is 0 Å². The van der Waals surface area contributed by atoms with Crippen LogP contribution in [0.5, 0.6) is 0 Å². The zero-order valence-electron chi connectivity index (χ0n) is 7.05. The molecule has 0 fully saturated rings. The van der Waals surface area contributed by atoms with E-state index >= 15 is 0 Å². The van der Waals surface area contributed by atoms with Crippen molar-refractivity contribution in [2.45, 2.75) is 11.6 Å². The van der Waals surface area contributed by atoms with Crippen molar-refractivity contribution < 1.29 is 0 Å². The number of halogens is 4. The maximum atomic E-state index is 3.68. The minimum atomic E-state index is -0.105. The molecule has 7 heteroatoms. The molecule has 0 radical (unpaired) electrons. The molecule has 0 saturated heterocycles. The van der Waals surface area contributed by atoms with Gasteiger partial charge in [-0.1, -0.05) is 59.6 Å². The van der Waals surface area contributed by atoms with Crippen molar-refractivity contribution in [3.05, 3.63) is 26.2 Å². The number of thiophene rings is 1. The molecule has 82 valence electrons. The summed E-state index contributed by atoms with van der Waals surface area (Å²) in [6, 6.07) is 2.08. The Morgan fingerprint density at radius 3 is 2.60 bits per heavy atom. The number of hydrogen-bond donors (Lipinski definition) is 0. The highest BCUT2D eigenvalue weighted by Gasteiger charge is 2.40. The van der Waals surface area contributed by atoms with Crippen molar-refractivity contribution in [3.63, 3.8) is 0 Å². The van der Waals surface area contributed by atoms with Crippen LogP contribution in [0.4, 0.5) is 0 Å². The maximum absolute atomic E-state index is 3.68. The van der Waals surface area contributed by atoms with Crippen molar-refractivity contribution >= 4 is 98.6 Å². The first-order chi connectivity index (χ1) is 7.00. The lowest BCUT2D eigenvalue weighted by Gasteiger charge is -2.18. The molecule has 1 aromatic rings. The molecule has 0 nitrogen and oxygen atoms in total. The molecule has 1 aliphatic rings. The number of allylic oxidation sites excluding steroid dienone is 1. The Bertz CT molecular complexity index is 398. The van der Waals surface area contributed by atoms with Gasteiger partial charge in [-0.05, 0) is 32.8 Å². The molecule has 0 aliphatic carbocycles. The van der Waals surface area contributed by atoms with E-state index in [4.69, 9.17) is 0 Å². The fraction of sp³-hybridized carbons (Fsp3) is 0.250. The third-order valence-corrected chi connectivity index (χ3v) is 11.2. The fourth-order valence-electron chi connectivity index (χ4n) is 0.957. The van der Waals surface area contributed by atoms with E-state index in [1.54, 1.807) is 34.9 Å². The third kappa shape index (κ3) is 3.09. The highest BCUT2D eigenvalue weighted by Crippen LogP contribution is 2.57. The van der Waals surface area contributed by atoms with Gasteiger partial charge in [-0.25, -0.2) is 0 Å². The lowest BCUT2D eigenvalue weighted by atomic mass is 10.5. The monoisotopic (exact) mass is 512 g/mol. The van der Waals surface area contributed by atoms with Gasteiger partial charge in [-0.2, -0.15) is 0 Å². The van der Waals surface area contributed by atoms with E-state index in [0.29, 0.717) is 0 Å². The summed E-state index contributed by atoms with van der Waals surface area (Å²) in [5.74, 6) is 0. The minimum absolute atomic E-state index is 0.105. The largest absolute Gasteiger partial charge is 0.146 e. The molecule has 0 N–H and O–H groups in total. The zero-order valence-corrected chi connectivity index (χ0v) is 15.8. The fourth-order valence-corrected chi connectivity index (χ4v) is 6.94. The summed E-state index contributed by atoms with van der Waals surface area (Å²) in [5.41, 5.74) is 0. The summed E-state index contributed by atoms with van der Waals surface area (Å²) in [7, 11) is 0. The van der Waals surface area contributed by atoms with Gasteiger partial charge in [-0.15, -0.1) is 23.1 Å². The predicted octanol–water partition coefficient (Wildman–Crippen LogP) is 6.40. The van der Waals surface area contributed by atoms with Gasteiger partial charge in [0.2, 0.25) is 0 Å². The summed E-state index contributed by atoms with van der Waals surface area (Å²) >= 11 is 19.8. The van der Waals surface area contributed by atoms with Gasteiger partial charge in [0, 0.05) is 9.38 Å². The molecule has 0 amide bonds. The van der Waals surface area contributed by atoms with Crippen LogP contribution < -0.4 is 0 Å². The van der Waals surface area contributed by atoms with Gasteiger partial charge in [0.05, 0.1) is 9.04 Å².